The largest absolute Gasteiger partial charge is 0.481 e. The number of carboxylic acid groups (broad SMARTS) is 1. The fourth-order valence-electron chi connectivity index (χ4n) is 3.36. The van der Waals surface area contributed by atoms with Crippen molar-refractivity contribution in [1.29, 1.82) is 0 Å². The molecule has 0 amide bonds. The first-order chi connectivity index (χ1) is 10.1. The number of nitrogens with zero attached hydrogens (tertiary/aromatic N) is 3. The monoisotopic (exact) mass is 309 g/mol. The molecule has 0 bridgehead atoms. The molecule has 3 unspecified atom stereocenters. The topological polar surface area (TPSA) is 68.0 Å². The number of carboxylic acids is 1. The van der Waals surface area contributed by atoms with Crippen LogP contribution in [0.2, 0.25) is 0 Å². The Hall–Kier alpha value is -1.04. The van der Waals surface area contributed by atoms with E-state index in [0.29, 0.717) is 23.8 Å². The van der Waals surface area contributed by atoms with Crippen LogP contribution >= 0.6 is 11.8 Å². The van der Waals surface area contributed by atoms with Crippen molar-refractivity contribution in [3.8, 4) is 0 Å². The molecule has 0 spiro atoms. The summed E-state index contributed by atoms with van der Waals surface area (Å²) >= 11 is 1.31. The molecule has 1 N–H and O–H groups in total. The molecule has 3 atom stereocenters. The zero-order valence-corrected chi connectivity index (χ0v) is 13.5. The van der Waals surface area contributed by atoms with Crippen molar-refractivity contribution in [2.24, 2.45) is 11.8 Å². The molecule has 21 heavy (non-hydrogen) atoms. The second-order valence-corrected chi connectivity index (χ2v) is 7.44. The van der Waals surface area contributed by atoms with Gasteiger partial charge >= 0.3 is 5.97 Å². The molecule has 1 aromatic rings. The predicted molar refractivity (Wildman–Crippen MR) is 81.6 cm³/mol. The van der Waals surface area contributed by atoms with Gasteiger partial charge in [-0.1, -0.05) is 38.5 Å². The number of hydrogen-bond acceptors (Lipinski definition) is 4. The summed E-state index contributed by atoms with van der Waals surface area (Å²) in [6.45, 7) is 4.64. The van der Waals surface area contributed by atoms with Gasteiger partial charge in [0.25, 0.3) is 0 Å². The first kappa shape index (κ1) is 14.9. The van der Waals surface area contributed by atoms with Crippen LogP contribution in [-0.4, -0.2) is 31.6 Å². The van der Waals surface area contributed by atoms with Gasteiger partial charge in [0, 0.05) is 12.0 Å². The Morgan fingerprint density at radius 1 is 1.29 bits per heavy atom. The maximum Gasteiger partial charge on any atom is 0.313 e. The summed E-state index contributed by atoms with van der Waals surface area (Å²) < 4.78 is 2.28. The molecule has 2 fully saturated rings. The van der Waals surface area contributed by atoms with E-state index in [4.69, 9.17) is 5.11 Å². The quantitative estimate of drug-likeness (QED) is 0.845. The smallest absolute Gasteiger partial charge is 0.313 e. The third-order valence-corrected chi connectivity index (χ3v) is 5.88. The third-order valence-electron chi connectivity index (χ3n) is 4.95. The number of aliphatic carboxylic acids is 1. The summed E-state index contributed by atoms with van der Waals surface area (Å²) in [6, 6.07) is 0.427. The summed E-state index contributed by atoms with van der Waals surface area (Å²) in [6.07, 6.45) is 6.07. The van der Waals surface area contributed by atoms with Gasteiger partial charge in [0.05, 0.1) is 5.75 Å². The molecule has 6 heteroatoms. The summed E-state index contributed by atoms with van der Waals surface area (Å²) in [5.74, 6) is 2.19. The molecule has 3 rings (SSSR count). The number of hydrogen-bond donors (Lipinski definition) is 1. The number of rotatable bonds is 5. The van der Waals surface area contributed by atoms with Gasteiger partial charge in [-0.15, -0.1) is 10.2 Å². The van der Waals surface area contributed by atoms with Crippen LogP contribution in [0.5, 0.6) is 0 Å². The van der Waals surface area contributed by atoms with Crippen molar-refractivity contribution in [2.45, 2.75) is 63.1 Å². The highest BCUT2D eigenvalue weighted by Gasteiger charge is 2.36. The number of thioether (sulfide) groups is 1. The highest BCUT2D eigenvalue weighted by atomic mass is 32.2. The van der Waals surface area contributed by atoms with Gasteiger partial charge < -0.3 is 9.67 Å². The second-order valence-electron chi connectivity index (χ2n) is 6.50. The molecule has 2 aliphatic rings. The van der Waals surface area contributed by atoms with Crippen molar-refractivity contribution in [1.82, 2.24) is 14.8 Å². The maximum absolute atomic E-state index is 10.9. The Labute approximate surface area is 129 Å². The minimum absolute atomic E-state index is 0.0550. The van der Waals surface area contributed by atoms with E-state index >= 15 is 0 Å². The molecular formula is C15H23N3O2S. The lowest BCUT2D eigenvalue weighted by Crippen LogP contribution is -2.28. The van der Waals surface area contributed by atoms with Crippen LogP contribution in [0.1, 0.15) is 63.7 Å². The molecule has 1 heterocycles. The molecule has 0 saturated heterocycles. The van der Waals surface area contributed by atoms with Gasteiger partial charge in [0.15, 0.2) is 5.16 Å². The second kappa shape index (κ2) is 5.99. The van der Waals surface area contributed by atoms with E-state index in [0.717, 1.165) is 17.4 Å². The van der Waals surface area contributed by atoms with Crippen LogP contribution in [0.3, 0.4) is 0 Å². The van der Waals surface area contributed by atoms with E-state index < -0.39 is 5.97 Å². The Balaban J connectivity index is 1.89. The van der Waals surface area contributed by atoms with Gasteiger partial charge in [-0.3, -0.25) is 4.79 Å². The summed E-state index contributed by atoms with van der Waals surface area (Å²) in [7, 11) is 0. The molecule has 5 nitrogen and oxygen atoms in total. The molecule has 0 aromatic carbocycles. The molecule has 2 saturated carbocycles. The first-order valence-corrected chi connectivity index (χ1v) is 8.86. The van der Waals surface area contributed by atoms with E-state index in [1.54, 1.807) is 0 Å². The zero-order chi connectivity index (χ0) is 15.0. The lowest BCUT2D eigenvalue weighted by molar-refractivity contribution is -0.133. The lowest BCUT2D eigenvalue weighted by atomic mass is 9.78. The van der Waals surface area contributed by atoms with E-state index in [1.165, 1.54) is 37.4 Å². The average Bonchev–Trinajstić information content (AvgIpc) is 3.20. The zero-order valence-electron chi connectivity index (χ0n) is 12.7. The van der Waals surface area contributed by atoms with Crippen molar-refractivity contribution >= 4 is 17.7 Å². The minimum atomic E-state index is -0.799. The van der Waals surface area contributed by atoms with Crippen LogP contribution in [-0.2, 0) is 4.79 Å². The van der Waals surface area contributed by atoms with Gasteiger partial charge in [0.2, 0.25) is 0 Å². The van der Waals surface area contributed by atoms with Crippen LogP contribution in [0.15, 0.2) is 5.16 Å². The minimum Gasteiger partial charge on any atom is -0.481 e. The number of aromatic nitrogens is 3. The molecule has 0 aliphatic heterocycles. The Morgan fingerprint density at radius 3 is 2.71 bits per heavy atom. The van der Waals surface area contributed by atoms with Gasteiger partial charge in [-0.2, -0.15) is 0 Å². The lowest BCUT2D eigenvalue weighted by Gasteiger charge is -2.36. The van der Waals surface area contributed by atoms with Crippen LogP contribution in [0.4, 0.5) is 0 Å². The normalized spacial score (nSPS) is 29.5. The average molecular weight is 309 g/mol. The molecule has 0 radical (unpaired) electrons. The van der Waals surface area contributed by atoms with Gasteiger partial charge in [0.1, 0.15) is 5.82 Å². The summed E-state index contributed by atoms with van der Waals surface area (Å²) in [4.78, 5) is 10.9. The highest BCUT2D eigenvalue weighted by molar-refractivity contribution is 7.99. The Kier molecular flexibility index (Phi) is 4.24. The number of carbonyl (C=O) groups is 1. The molecule has 2 aliphatic carbocycles. The first-order valence-electron chi connectivity index (χ1n) is 7.87. The summed E-state index contributed by atoms with van der Waals surface area (Å²) in [5.41, 5.74) is 0. The van der Waals surface area contributed by atoms with Crippen LogP contribution in [0, 0.1) is 11.8 Å². The Morgan fingerprint density at radius 2 is 2.05 bits per heavy atom. The van der Waals surface area contributed by atoms with Crippen molar-refractivity contribution in [3.63, 3.8) is 0 Å². The fraction of sp³-hybridized carbons (Fsp3) is 0.800. The van der Waals surface area contributed by atoms with E-state index in [9.17, 15) is 4.79 Å². The van der Waals surface area contributed by atoms with Gasteiger partial charge in [-0.25, -0.2) is 0 Å². The highest BCUT2D eigenvalue weighted by Crippen LogP contribution is 2.45. The summed E-state index contributed by atoms with van der Waals surface area (Å²) in [5, 5.41) is 18.4. The standard InChI is InChI=1S/C15H23N3O2S/c1-9-4-3-5-12(10(9)2)18-14(11-6-7-11)16-17-15(18)21-8-13(19)20/h9-12H,3-8H2,1-2H3,(H,19,20). The van der Waals surface area contributed by atoms with E-state index in [2.05, 4.69) is 28.6 Å². The van der Waals surface area contributed by atoms with Crippen molar-refractivity contribution < 1.29 is 9.90 Å². The van der Waals surface area contributed by atoms with Crippen LogP contribution < -0.4 is 0 Å². The molecule has 1 aromatic heterocycles. The van der Waals surface area contributed by atoms with Crippen LogP contribution in [0.25, 0.3) is 0 Å². The van der Waals surface area contributed by atoms with E-state index in [1.807, 2.05) is 0 Å². The van der Waals surface area contributed by atoms with Crippen molar-refractivity contribution in [3.05, 3.63) is 5.82 Å². The fourth-order valence-corrected chi connectivity index (χ4v) is 4.08. The molecule has 116 valence electrons. The van der Waals surface area contributed by atoms with E-state index in [-0.39, 0.29) is 5.75 Å². The SMILES string of the molecule is CC1CCCC(n2c(SCC(=O)O)nnc2C2CC2)C1C. The van der Waals surface area contributed by atoms with Crippen molar-refractivity contribution in [2.75, 3.05) is 5.75 Å². The maximum atomic E-state index is 10.9. The molecular weight excluding hydrogens is 286 g/mol. The predicted octanol–water partition coefficient (Wildman–Crippen LogP) is 3.33. The third kappa shape index (κ3) is 3.10. The Bertz CT molecular complexity index is 527. The van der Waals surface area contributed by atoms with Gasteiger partial charge in [-0.05, 0) is 31.1 Å².